The van der Waals surface area contributed by atoms with Gasteiger partial charge in [0.25, 0.3) is 0 Å². The van der Waals surface area contributed by atoms with E-state index in [9.17, 15) is 10.4 Å². The average Bonchev–Trinajstić information content (AvgIpc) is 2.77. The molecule has 4 rings (SSSR count). The summed E-state index contributed by atoms with van der Waals surface area (Å²) in [5.74, 6) is 0.733. The third-order valence-electron chi connectivity index (χ3n) is 4.95. The molecule has 0 radical (unpaired) electrons. The molecule has 7 heteroatoms. The van der Waals surface area contributed by atoms with Gasteiger partial charge in [0.15, 0.2) is 0 Å². The number of hydrogen-bond donors (Lipinski definition) is 2. The molecule has 3 N–H and O–H groups in total. The van der Waals surface area contributed by atoms with Crippen molar-refractivity contribution in [3.8, 4) is 23.3 Å². The molecule has 3 aromatic carbocycles. The highest BCUT2D eigenvalue weighted by Gasteiger charge is 2.31. The zero-order valence-corrected chi connectivity index (χ0v) is 18.7. The molecule has 0 bridgehead atoms. The Kier molecular flexibility index (Phi) is 5.82. The zero-order chi connectivity index (χ0) is 22.0. The van der Waals surface area contributed by atoms with Crippen molar-refractivity contribution in [3.05, 3.63) is 92.4 Å². The van der Waals surface area contributed by atoms with E-state index in [1.807, 2.05) is 42.5 Å². The topological polar surface area (TPSA) is 101 Å². The molecule has 0 saturated carbocycles. The van der Waals surface area contributed by atoms with Crippen molar-refractivity contribution in [3.63, 3.8) is 0 Å². The minimum absolute atomic E-state index is 0.00000370. The van der Waals surface area contributed by atoms with Crippen LogP contribution in [0.2, 0.25) is 0 Å². The number of ether oxygens (including phenoxy) is 2. The SMILES string of the molecule is COc1cccc(N=Cc2cc3c(cc2O)OC(N)=C(C#N)[C@@H]3c2cccc(I)c2)c1. The second-order valence-corrected chi connectivity index (χ2v) is 8.13. The molecule has 0 spiro atoms. The highest BCUT2D eigenvalue weighted by atomic mass is 127. The van der Waals surface area contributed by atoms with Gasteiger partial charge < -0.3 is 20.3 Å². The van der Waals surface area contributed by atoms with E-state index >= 15 is 0 Å². The zero-order valence-electron chi connectivity index (χ0n) is 16.5. The summed E-state index contributed by atoms with van der Waals surface area (Å²) >= 11 is 2.23. The Morgan fingerprint density at radius 1 is 1.19 bits per heavy atom. The molecular weight excluding hydrogens is 505 g/mol. The Balaban J connectivity index is 1.81. The van der Waals surface area contributed by atoms with Crippen molar-refractivity contribution in [1.82, 2.24) is 0 Å². The van der Waals surface area contributed by atoms with Gasteiger partial charge in [-0.25, -0.2) is 0 Å². The maximum Gasteiger partial charge on any atom is 0.205 e. The maximum absolute atomic E-state index is 10.5. The summed E-state index contributed by atoms with van der Waals surface area (Å²) in [5.41, 5.74) is 9.19. The molecule has 154 valence electrons. The number of halogens is 1. The summed E-state index contributed by atoms with van der Waals surface area (Å²) < 4.78 is 11.9. The van der Waals surface area contributed by atoms with E-state index in [0.717, 1.165) is 14.7 Å². The van der Waals surface area contributed by atoms with Crippen molar-refractivity contribution in [2.45, 2.75) is 5.92 Å². The number of nitriles is 1. The van der Waals surface area contributed by atoms with Crippen LogP contribution >= 0.6 is 22.6 Å². The van der Waals surface area contributed by atoms with Gasteiger partial charge in [-0.15, -0.1) is 0 Å². The smallest absolute Gasteiger partial charge is 0.205 e. The molecule has 1 heterocycles. The number of hydrogen-bond acceptors (Lipinski definition) is 6. The van der Waals surface area contributed by atoms with Crippen LogP contribution in [0.25, 0.3) is 0 Å². The first-order chi connectivity index (χ1) is 15.0. The number of rotatable bonds is 4. The number of benzene rings is 3. The van der Waals surface area contributed by atoms with Crippen LogP contribution in [-0.4, -0.2) is 18.4 Å². The van der Waals surface area contributed by atoms with E-state index in [2.05, 4.69) is 33.7 Å². The van der Waals surface area contributed by atoms with E-state index in [4.69, 9.17) is 15.2 Å². The van der Waals surface area contributed by atoms with Gasteiger partial charge >= 0.3 is 0 Å². The molecule has 0 aliphatic carbocycles. The number of phenols is 1. The Labute approximate surface area is 193 Å². The maximum atomic E-state index is 10.5. The van der Waals surface area contributed by atoms with E-state index in [1.54, 1.807) is 25.5 Å². The molecule has 0 amide bonds. The van der Waals surface area contributed by atoms with Crippen molar-refractivity contribution in [1.29, 1.82) is 5.26 Å². The standard InChI is InChI=1S/C24H18IN3O3/c1-30-18-7-3-6-17(10-18)28-13-15-9-19-22(11-21(15)29)31-24(27)20(12-26)23(19)14-4-2-5-16(25)8-14/h2-11,13,23,29H,27H2,1H3/t23-/m1/s1. The minimum atomic E-state index is -0.409. The number of nitrogens with zero attached hydrogens (tertiary/aromatic N) is 2. The predicted octanol–water partition coefficient (Wildman–Crippen LogP) is 4.97. The van der Waals surface area contributed by atoms with Crippen molar-refractivity contribution >= 4 is 34.5 Å². The molecule has 6 nitrogen and oxygen atoms in total. The fourth-order valence-corrected chi connectivity index (χ4v) is 4.05. The summed E-state index contributed by atoms with van der Waals surface area (Å²) in [6.45, 7) is 0. The van der Waals surface area contributed by atoms with Crippen LogP contribution in [0, 0.1) is 14.9 Å². The highest BCUT2D eigenvalue weighted by molar-refractivity contribution is 14.1. The number of phenolic OH excluding ortho intramolecular Hbond substituents is 1. The lowest BCUT2D eigenvalue weighted by molar-refractivity contribution is 0.388. The van der Waals surface area contributed by atoms with Crippen LogP contribution in [0.5, 0.6) is 17.2 Å². The van der Waals surface area contributed by atoms with Crippen LogP contribution in [0.1, 0.15) is 22.6 Å². The molecule has 0 saturated heterocycles. The summed E-state index contributed by atoms with van der Waals surface area (Å²) in [4.78, 5) is 4.45. The van der Waals surface area contributed by atoms with Crippen molar-refractivity contribution in [2.75, 3.05) is 7.11 Å². The molecule has 31 heavy (non-hydrogen) atoms. The summed E-state index contributed by atoms with van der Waals surface area (Å²) in [6, 6.07) is 20.6. The molecule has 1 atom stereocenters. The molecule has 0 fully saturated rings. The van der Waals surface area contributed by atoms with Crippen molar-refractivity contribution in [2.24, 2.45) is 10.7 Å². The van der Waals surface area contributed by atoms with E-state index < -0.39 is 5.92 Å². The lowest BCUT2D eigenvalue weighted by atomic mass is 9.83. The quantitative estimate of drug-likeness (QED) is 0.372. The third-order valence-corrected chi connectivity index (χ3v) is 5.62. The van der Waals surface area contributed by atoms with Gasteiger partial charge in [-0.3, -0.25) is 4.99 Å². The Morgan fingerprint density at radius 2 is 2.00 bits per heavy atom. The van der Waals surface area contributed by atoms with Crippen LogP contribution in [0.15, 0.2) is 77.1 Å². The van der Waals surface area contributed by atoms with E-state index in [0.29, 0.717) is 28.3 Å². The van der Waals surface area contributed by atoms with E-state index in [1.165, 1.54) is 6.07 Å². The molecule has 0 unspecified atom stereocenters. The lowest BCUT2D eigenvalue weighted by Crippen LogP contribution is -2.21. The second kappa shape index (κ2) is 8.70. The highest BCUT2D eigenvalue weighted by Crippen LogP contribution is 2.44. The fraction of sp³-hybridized carbons (Fsp3) is 0.0833. The van der Waals surface area contributed by atoms with Gasteiger partial charge in [-0.05, 0) is 58.5 Å². The number of aromatic hydroxyl groups is 1. The minimum Gasteiger partial charge on any atom is -0.507 e. The fourth-order valence-electron chi connectivity index (χ4n) is 3.48. The van der Waals surface area contributed by atoms with Gasteiger partial charge in [-0.1, -0.05) is 18.2 Å². The van der Waals surface area contributed by atoms with Gasteiger partial charge in [-0.2, -0.15) is 5.26 Å². The number of allylic oxidation sites excluding steroid dienone is 1. The summed E-state index contributed by atoms with van der Waals surface area (Å²) in [7, 11) is 1.59. The largest absolute Gasteiger partial charge is 0.507 e. The van der Waals surface area contributed by atoms with Crippen molar-refractivity contribution < 1.29 is 14.6 Å². The van der Waals surface area contributed by atoms with Crippen LogP contribution < -0.4 is 15.2 Å². The first-order valence-electron chi connectivity index (χ1n) is 9.38. The number of nitrogens with two attached hydrogens (primary N) is 1. The van der Waals surface area contributed by atoms with Crippen LogP contribution in [-0.2, 0) is 0 Å². The summed E-state index contributed by atoms with van der Waals surface area (Å²) in [6.07, 6.45) is 1.57. The van der Waals surface area contributed by atoms with Gasteiger partial charge in [0.1, 0.15) is 28.9 Å². The molecular formula is C24H18IN3O3. The Hall–Kier alpha value is -3.51. The number of fused-ring (bicyclic) bond motifs is 1. The van der Waals surface area contributed by atoms with Gasteiger partial charge in [0, 0.05) is 33.0 Å². The first-order valence-corrected chi connectivity index (χ1v) is 10.5. The average molecular weight is 523 g/mol. The third kappa shape index (κ3) is 4.20. The van der Waals surface area contributed by atoms with Crippen LogP contribution in [0.4, 0.5) is 5.69 Å². The molecule has 0 aromatic heterocycles. The van der Waals surface area contributed by atoms with Gasteiger partial charge in [0.2, 0.25) is 5.88 Å². The van der Waals surface area contributed by atoms with E-state index in [-0.39, 0.29) is 11.6 Å². The normalized spacial score (nSPS) is 15.3. The monoisotopic (exact) mass is 523 g/mol. The predicted molar refractivity (Wildman–Crippen MR) is 127 cm³/mol. The molecule has 1 aliphatic heterocycles. The second-order valence-electron chi connectivity index (χ2n) is 6.89. The lowest BCUT2D eigenvalue weighted by Gasteiger charge is -2.27. The Bertz CT molecular complexity index is 1260. The molecule has 3 aromatic rings. The van der Waals surface area contributed by atoms with Crippen LogP contribution in [0.3, 0.4) is 0 Å². The number of aliphatic imine (C=N–C) groups is 1. The first kappa shape index (κ1) is 20.8. The van der Waals surface area contributed by atoms with Gasteiger partial charge in [0.05, 0.1) is 18.7 Å². The molecule has 1 aliphatic rings. The summed E-state index contributed by atoms with van der Waals surface area (Å²) in [5, 5.41) is 20.3. The number of methoxy groups -OCH3 is 1. The Morgan fingerprint density at radius 3 is 2.74 bits per heavy atom.